The van der Waals surface area contributed by atoms with Gasteiger partial charge in [0.05, 0.1) is 12.0 Å². The fourth-order valence-electron chi connectivity index (χ4n) is 2.04. The lowest BCUT2D eigenvalue weighted by molar-refractivity contribution is 0.197. The van der Waals surface area contributed by atoms with Crippen molar-refractivity contribution in [2.24, 2.45) is 0 Å². The van der Waals surface area contributed by atoms with Crippen molar-refractivity contribution in [2.45, 2.75) is 39.3 Å². The first kappa shape index (κ1) is 16.5. The van der Waals surface area contributed by atoms with Gasteiger partial charge in [-0.2, -0.15) is 4.98 Å². The van der Waals surface area contributed by atoms with Crippen molar-refractivity contribution in [2.75, 3.05) is 13.2 Å². The number of aromatic nitrogens is 2. The van der Waals surface area contributed by atoms with Crippen LogP contribution in [0.1, 0.15) is 45.3 Å². The van der Waals surface area contributed by atoms with E-state index in [1.807, 2.05) is 20.8 Å². The summed E-state index contributed by atoms with van der Waals surface area (Å²) in [6.45, 7) is 6.93. The van der Waals surface area contributed by atoms with Crippen LogP contribution < -0.4 is 4.74 Å². The molecule has 120 valence electrons. The number of benzene rings is 1. The highest BCUT2D eigenvalue weighted by Gasteiger charge is 2.21. The van der Waals surface area contributed by atoms with Crippen molar-refractivity contribution in [1.82, 2.24) is 9.97 Å². The van der Waals surface area contributed by atoms with E-state index in [9.17, 15) is 8.78 Å². The molecule has 1 aromatic carbocycles. The van der Waals surface area contributed by atoms with E-state index >= 15 is 0 Å². The molecule has 0 spiro atoms. The third-order valence-corrected chi connectivity index (χ3v) is 3.29. The Balaban J connectivity index is 2.72. The first-order chi connectivity index (χ1) is 10.2. The van der Waals surface area contributed by atoms with Gasteiger partial charge in [0.25, 0.3) is 0 Å². The summed E-state index contributed by atoms with van der Waals surface area (Å²) < 4.78 is 33.3. The van der Waals surface area contributed by atoms with Crippen molar-refractivity contribution in [1.29, 1.82) is 0 Å². The lowest BCUT2D eigenvalue weighted by Crippen LogP contribution is -2.13. The summed E-state index contributed by atoms with van der Waals surface area (Å²) in [6, 6.07) is 3.15. The normalized spacial score (nSPS) is 13.4. The lowest BCUT2D eigenvalue weighted by atomic mass is 9.86. The Kier molecular flexibility index (Phi) is 4.60. The molecule has 0 fully saturated rings. The molecule has 22 heavy (non-hydrogen) atoms. The number of hydrogen-bond acceptors (Lipinski definition) is 4. The van der Waals surface area contributed by atoms with Crippen LogP contribution in [-0.2, 0) is 5.41 Å². The van der Waals surface area contributed by atoms with Crippen LogP contribution >= 0.6 is 0 Å². The van der Waals surface area contributed by atoms with E-state index in [4.69, 9.17) is 9.84 Å². The summed E-state index contributed by atoms with van der Waals surface area (Å²) >= 11 is 0. The Labute approximate surface area is 128 Å². The molecule has 1 aromatic heterocycles. The highest BCUT2D eigenvalue weighted by Crippen LogP contribution is 2.32. The molecule has 6 heteroatoms. The highest BCUT2D eigenvalue weighted by atomic mass is 19.1. The Hall–Kier alpha value is -1.82. The van der Waals surface area contributed by atoms with Gasteiger partial charge in [0.2, 0.25) is 5.88 Å². The topological polar surface area (TPSA) is 55.2 Å². The number of aliphatic hydroxyl groups excluding tert-OH is 1. The van der Waals surface area contributed by atoms with Gasteiger partial charge in [-0.05, 0) is 30.0 Å². The van der Waals surface area contributed by atoms with Gasteiger partial charge < -0.3 is 9.84 Å². The monoisotopic (exact) mass is 310 g/mol. The average molecular weight is 310 g/mol. The Morgan fingerprint density at radius 1 is 1.27 bits per heavy atom. The van der Waals surface area contributed by atoms with Gasteiger partial charge in [0.15, 0.2) is 12.0 Å². The third kappa shape index (κ3) is 3.32. The molecular weight excluding hydrogens is 290 g/mol. The molecule has 0 saturated heterocycles. The largest absolute Gasteiger partial charge is 0.475 e. The maximum absolute atomic E-state index is 14.4. The second kappa shape index (κ2) is 6.12. The maximum Gasteiger partial charge on any atom is 0.225 e. The van der Waals surface area contributed by atoms with E-state index in [-0.39, 0.29) is 35.8 Å². The van der Waals surface area contributed by atoms with Gasteiger partial charge in [-0.15, -0.1) is 0 Å². The molecule has 0 saturated carbocycles. The molecule has 0 bridgehead atoms. The summed E-state index contributed by atoms with van der Waals surface area (Å²) in [7, 11) is 0. The van der Waals surface area contributed by atoms with Gasteiger partial charge >= 0.3 is 0 Å². The zero-order chi connectivity index (χ0) is 16.5. The SMILES string of the molecule is CC(F)c1nc(OCCO)c2cc(C(C)(C)C)cc(F)c2n1. The van der Waals surface area contributed by atoms with Crippen LogP contribution in [0.4, 0.5) is 8.78 Å². The van der Waals surface area contributed by atoms with Gasteiger partial charge in [0, 0.05) is 0 Å². The molecule has 1 N–H and O–H groups in total. The molecule has 2 aromatic rings. The minimum atomic E-state index is -1.44. The van der Waals surface area contributed by atoms with Crippen molar-refractivity contribution in [3.63, 3.8) is 0 Å². The minimum absolute atomic E-state index is 0.00636. The minimum Gasteiger partial charge on any atom is -0.475 e. The number of fused-ring (bicyclic) bond motifs is 1. The van der Waals surface area contributed by atoms with E-state index in [0.717, 1.165) is 5.56 Å². The van der Waals surface area contributed by atoms with Crippen LogP contribution in [0.15, 0.2) is 12.1 Å². The van der Waals surface area contributed by atoms with Crippen LogP contribution in [0.5, 0.6) is 5.88 Å². The summed E-state index contributed by atoms with van der Waals surface area (Å²) in [5, 5.41) is 9.28. The Morgan fingerprint density at radius 2 is 1.95 bits per heavy atom. The zero-order valence-electron chi connectivity index (χ0n) is 13.2. The van der Waals surface area contributed by atoms with Crippen molar-refractivity contribution in [3.8, 4) is 5.88 Å². The Bertz CT molecular complexity index is 682. The zero-order valence-corrected chi connectivity index (χ0v) is 13.2. The standard InChI is InChI=1S/C16H20F2N2O2/c1-9(17)14-19-13-11(15(20-14)22-6-5-21)7-10(8-12(13)18)16(2,3)4/h7-9,21H,5-6H2,1-4H3. The van der Waals surface area contributed by atoms with Crippen molar-refractivity contribution in [3.05, 3.63) is 29.3 Å². The molecule has 1 atom stereocenters. The third-order valence-electron chi connectivity index (χ3n) is 3.29. The first-order valence-corrected chi connectivity index (χ1v) is 7.13. The molecule has 1 unspecified atom stereocenters. The van der Waals surface area contributed by atoms with E-state index in [2.05, 4.69) is 9.97 Å². The predicted octanol–water partition coefficient (Wildman–Crippen LogP) is 3.47. The molecule has 4 nitrogen and oxygen atoms in total. The van der Waals surface area contributed by atoms with Crippen LogP contribution in [-0.4, -0.2) is 28.3 Å². The number of ether oxygens (including phenoxy) is 1. The fraction of sp³-hybridized carbons (Fsp3) is 0.500. The smallest absolute Gasteiger partial charge is 0.225 e. The van der Waals surface area contributed by atoms with Gasteiger partial charge in [-0.25, -0.2) is 13.8 Å². The van der Waals surface area contributed by atoms with Crippen molar-refractivity contribution >= 4 is 10.9 Å². The molecule has 2 rings (SSSR count). The lowest BCUT2D eigenvalue weighted by Gasteiger charge is -2.20. The van der Waals surface area contributed by atoms with Crippen LogP contribution in [0.2, 0.25) is 0 Å². The molecular formula is C16H20F2N2O2. The highest BCUT2D eigenvalue weighted by molar-refractivity contribution is 5.85. The summed E-state index contributed by atoms with van der Waals surface area (Å²) in [4.78, 5) is 7.98. The number of nitrogens with zero attached hydrogens (tertiary/aromatic N) is 2. The number of halogens is 2. The second-order valence-electron chi connectivity index (χ2n) is 6.18. The summed E-state index contributed by atoms with van der Waals surface area (Å²) in [6.07, 6.45) is -1.44. The summed E-state index contributed by atoms with van der Waals surface area (Å²) in [5.41, 5.74) is 0.515. The molecule has 0 aliphatic carbocycles. The molecule has 0 radical (unpaired) electrons. The fourth-order valence-corrected chi connectivity index (χ4v) is 2.04. The van der Waals surface area contributed by atoms with E-state index < -0.39 is 12.0 Å². The molecule has 0 aliphatic rings. The first-order valence-electron chi connectivity index (χ1n) is 7.13. The number of alkyl halides is 1. The van der Waals surface area contributed by atoms with Gasteiger partial charge in [-0.3, -0.25) is 0 Å². The van der Waals surface area contributed by atoms with Crippen LogP contribution in [0, 0.1) is 5.82 Å². The Morgan fingerprint density at radius 3 is 2.50 bits per heavy atom. The van der Waals surface area contributed by atoms with Gasteiger partial charge in [0.1, 0.15) is 17.9 Å². The van der Waals surface area contributed by atoms with E-state index in [1.54, 1.807) is 6.07 Å². The predicted molar refractivity (Wildman–Crippen MR) is 80.3 cm³/mol. The summed E-state index contributed by atoms with van der Waals surface area (Å²) in [5.74, 6) is -0.591. The quantitative estimate of drug-likeness (QED) is 0.939. The van der Waals surface area contributed by atoms with Crippen molar-refractivity contribution < 1.29 is 18.6 Å². The molecule has 1 heterocycles. The van der Waals surface area contributed by atoms with Crippen LogP contribution in [0.3, 0.4) is 0 Å². The molecule has 0 amide bonds. The number of hydrogen-bond donors (Lipinski definition) is 1. The van der Waals surface area contributed by atoms with E-state index in [1.165, 1.54) is 13.0 Å². The second-order valence-corrected chi connectivity index (χ2v) is 6.18. The maximum atomic E-state index is 14.4. The molecule has 0 aliphatic heterocycles. The van der Waals surface area contributed by atoms with E-state index in [0.29, 0.717) is 5.39 Å². The number of aliphatic hydroxyl groups is 1. The van der Waals surface area contributed by atoms with Crippen LogP contribution in [0.25, 0.3) is 10.9 Å². The number of rotatable bonds is 4. The van der Waals surface area contributed by atoms with Gasteiger partial charge in [-0.1, -0.05) is 20.8 Å². The average Bonchev–Trinajstić information content (AvgIpc) is 2.43.